The SMILES string of the molecule is [2H]C(CC(C)C)C(OS(C)(=O)=O)[C@@H](O)[C@H](O)COS(C)(=O)=O. The number of aliphatic hydroxyl groups excluding tert-OH is 2. The van der Waals surface area contributed by atoms with Gasteiger partial charge in [0.1, 0.15) is 18.3 Å². The third-order valence-electron chi connectivity index (χ3n) is 2.31. The van der Waals surface area contributed by atoms with E-state index in [1.54, 1.807) is 13.8 Å². The summed E-state index contributed by atoms with van der Waals surface area (Å²) in [6, 6.07) is 0. The number of hydrogen-bond acceptors (Lipinski definition) is 8. The van der Waals surface area contributed by atoms with Gasteiger partial charge in [-0.15, -0.1) is 0 Å². The van der Waals surface area contributed by atoms with Crippen LogP contribution in [0.3, 0.4) is 0 Å². The maximum Gasteiger partial charge on any atom is 0.264 e. The second-order valence-electron chi connectivity index (χ2n) is 5.18. The van der Waals surface area contributed by atoms with Crippen LogP contribution in [0.5, 0.6) is 0 Å². The Morgan fingerprint density at radius 1 is 1.10 bits per heavy atom. The maximum absolute atomic E-state index is 11.3. The molecular weight excluding hydrogens is 324 g/mol. The zero-order chi connectivity index (χ0) is 17.7. The highest BCUT2D eigenvalue weighted by atomic mass is 32.2. The molecule has 0 radical (unpaired) electrons. The molecule has 0 heterocycles. The monoisotopic (exact) mass is 349 g/mol. The normalized spacial score (nSPS) is 19.9. The smallest absolute Gasteiger partial charge is 0.264 e. The summed E-state index contributed by atoms with van der Waals surface area (Å²) in [4.78, 5) is 0. The molecule has 0 aliphatic carbocycles. The van der Waals surface area contributed by atoms with Gasteiger partial charge >= 0.3 is 0 Å². The second-order valence-corrected chi connectivity index (χ2v) is 8.42. The number of hydrogen-bond donors (Lipinski definition) is 2. The summed E-state index contributed by atoms with van der Waals surface area (Å²) in [6.45, 7) is 2.83. The molecule has 21 heavy (non-hydrogen) atoms. The van der Waals surface area contributed by atoms with E-state index in [0.29, 0.717) is 0 Å². The van der Waals surface area contributed by atoms with Gasteiger partial charge in [0.15, 0.2) is 0 Å². The fraction of sp³-hybridized carbons (Fsp3) is 1.00. The topological polar surface area (TPSA) is 127 Å². The van der Waals surface area contributed by atoms with E-state index in [1.165, 1.54) is 0 Å². The largest absolute Gasteiger partial charge is 0.388 e. The first-order valence-corrected chi connectivity index (χ1v) is 9.87. The third-order valence-corrected chi connectivity index (χ3v) is 3.45. The van der Waals surface area contributed by atoms with Gasteiger partial charge in [0, 0.05) is 1.37 Å². The lowest BCUT2D eigenvalue weighted by Crippen LogP contribution is -2.42. The lowest BCUT2D eigenvalue weighted by molar-refractivity contribution is -0.0642. The van der Waals surface area contributed by atoms with Crippen molar-refractivity contribution >= 4 is 20.2 Å². The van der Waals surface area contributed by atoms with Gasteiger partial charge in [0.2, 0.25) is 0 Å². The molecule has 0 bridgehead atoms. The zero-order valence-electron chi connectivity index (χ0n) is 13.5. The highest BCUT2D eigenvalue weighted by molar-refractivity contribution is 7.86. The molecule has 2 unspecified atom stereocenters. The molecule has 2 N–H and O–H groups in total. The van der Waals surface area contributed by atoms with Gasteiger partial charge in [-0.3, -0.25) is 8.37 Å². The van der Waals surface area contributed by atoms with E-state index < -0.39 is 51.6 Å². The lowest BCUT2D eigenvalue weighted by Gasteiger charge is -2.26. The first kappa shape index (κ1) is 18.8. The van der Waals surface area contributed by atoms with Gasteiger partial charge in [-0.05, 0) is 18.7 Å². The number of rotatable bonds is 10. The van der Waals surface area contributed by atoms with Crippen molar-refractivity contribution in [1.29, 1.82) is 0 Å². The fourth-order valence-corrected chi connectivity index (χ4v) is 2.34. The molecule has 0 aromatic carbocycles. The average Bonchev–Trinajstić information content (AvgIpc) is 2.29. The molecular formula is C11H24O8S2. The summed E-state index contributed by atoms with van der Waals surface area (Å²) in [7, 11) is -7.81. The summed E-state index contributed by atoms with van der Waals surface area (Å²) in [5, 5.41) is 19.7. The standard InChI is InChI=1S/C11H24O8S2/c1-8(2)5-6-10(19-21(4,16)17)11(13)9(12)7-18-20(3,14)15/h8-13H,5-7H2,1-4H3/t9-,10?,11+/m1/s1/i6D/t6?,9-,10?,11+. The van der Waals surface area contributed by atoms with Crippen LogP contribution in [0.2, 0.25) is 0 Å². The van der Waals surface area contributed by atoms with Crippen molar-refractivity contribution in [2.45, 2.75) is 45.0 Å². The van der Waals surface area contributed by atoms with Crippen LogP contribution in [-0.2, 0) is 28.6 Å². The molecule has 0 fully saturated rings. The van der Waals surface area contributed by atoms with Gasteiger partial charge in [0.25, 0.3) is 20.2 Å². The van der Waals surface area contributed by atoms with Gasteiger partial charge < -0.3 is 10.2 Å². The first-order chi connectivity index (χ1) is 9.73. The van der Waals surface area contributed by atoms with Crippen molar-refractivity contribution in [3.63, 3.8) is 0 Å². The molecule has 0 aromatic rings. The Labute approximate surface area is 127 Å². The quantitative estimate of drug-likeness (QED) is 0.504. The molecule has 0 spiro atoms. The molecule has 0 saturated heterocycles. The zero-order valence-corrected chi connectivity index (χ0v) is 14.1. The minimum Gasteiger partial charge on any atom is -0.388 e. The summed E-state index contributed by atoms with van der Waals surface area (Å²) in [6.07, 6.45) is -4.43. The van der Waals surface area contributed by atoms with Crippen LogP contribution in [-0.4, -0.2) is 64.5 Å². The van der Waals surface area contributed by atoms with Crippen molar-refractivity contribution in [2.24, 2.45) is 5.92 Å². The Bertz CT molecular complexity index is 530. The van der Waals surface area contributed by atoms with Crippen molar-refractivity contribution in [1.82, 2.24) is 0 Å². The van der Waals surface area contributed by atoms with E-state index in [0.717, 1.165) is 12.5 Å². The Morgan fingerprint density at radius 2 is 1.62 bits per heavy atom. The number of aliphatic hydroxyl groups is 2. The van der Waals surface area contributed by atoms with Crippen LogP contribution < -0.4 is 0 Å². The molecule has 0 rings (SSSR count). The molecule has 10 heteroatoms. The minimum atomic E-state index is -3.98. The Hall–Kier alpha value is -0.260. The third kappa shape index (κ3) is 11.0. The van der Waals surface area contributed by atoms with Crippen LogP contribution in [0.25, 0.3) is 0 Å². The molecule has 0 aliphatic rings. The fourth-order valence-electron chi connectivity index (χ4n) is 1.35. The Kier molecular flexibility index (Phi) is 7.51. The van der Waals surface area contributed by atoms with Crippen LogP contribution >= 0.6 is 0 Å². The predicted octanol–water partition coefficient (Wildman–Crippen LogP) is -0.535. The van der Waals surface area contributed by atoms with E-state index in [-0.39, 0.29) is 12.3 Å². The molecule has 0 aromatic heterocycles. The van der Waals surface area contributed by atoms with Crippen LogP contribution in [0.1, 0.15) is 28.0 Å². The van der Waals surface area contributed by atoms with E-state index in [1.807, 2.05) is 0 Å². The van der Waals surface area contributed by atoms with Crippen molar-refractivity contribution in [3.05, 3.63) is 0 Å². The molecule has 128 valence electrons. The molecule has 4 atom stereocenters. The maximum atomic E-state index is 11.3. The van der Waals surface area contributed by atoms with Crippen LogP contribution in [0.15, 0.2) is 0 Å². The molecule has 0 amide bonds. The van der Waals surface area contributed by atoms with Gasteiger partial charge in [-0.25, -0.2) is 0 Å². The second kappa shape index (κ2) is 8.39. The Balaban J connectivity index is 5.05. The highest BCUT2D eigenvalue weighted by Crippen LogP contribution is 2.17. The van der Waals surface area contributed by atoms with Crippen LogP contribution in [0, 0.1) is 5.92 Å². The Morgan fingerprint density at radius 3 is 2.00 bits per heavy atom. The molecule has 8 nitrogen and oxygen atoms in total. The minimum absolute atomic E-state index is 0.0322. The molecule has 0 aliphatic heterocycles. The highest BCUT2D eigenvalue weighted by Gasteiger charge is 2.30. The van der Waals surface area contributed by atoms with E-state index in [2.05, 4.69) is 8.37 Å². The molecule has 0 saturated carbocycles. The first-order valence-electron chi connectivity index (χ1n) is 6.81. The summed E-state index contributed by atoms with van der Waals surface area (Å²) in [5.41, 5.74) is 0. The summed E-state index contributed by atoms with van der Waals surface area (Å²) in [5.74, 6) is 0.0322. The van der Waals surface area contributed by atoms with Gasteiger partial charge in [0.05, 0.1) is 19.1 Å². The van der Waals surface area contributed by atoms with Crippen molar-refractivity contribution < 1.29 is 36.8 Å². The predicted molar refractivity (Wildman–Crippen MR) is 76.6 cm³/mol. The lowest BCUT2D eigenvalue weighted by atomic mass is 9.99. The summed E-state index contributed by atoms with van der Waals surface area (Å²) < 4.78 is 61.1. The van der Waals surface area contributed by atoms with Crippen LogP contribution in [0.4, 0.5) is 0 Å². The average molecular weight is 349 g/mol. The van der Waals surface area contributed by atoms with Crippen molar-refractivity contribution in [3.8, 4) is 0 Å². The van der Waals surface area contributed by atoms with E-state index in [4.69, 9.17) is 1.37 Å². The van der Waals surface area contributed by atoms with Gasteiger partial charge in [-0.1, -0.05) is 13.8 Å². The summed E-state index contributed by atoms with van der Waals surface area (Å²) >= 11 is 0. The van der Waals surface area contributed by atoms with E-state index in [9.17, 15) is 27.0 Å². The van der Waals surface area contributed by atoms with E-state index >= 15 is 0 Å². The van der Waals surface area contributed by atoms with Crippen molar-refractivity contribution in [2.75, 3.05) is 19.1 Å². The van der Waals surface area contributed by atoms with Gasteiger partial charge in [-0.2, -0.15) is 16.8 Å².